The fraction of sp³-hybridized carbons (Fsp3) is 0.0769. The quantitative estimate of drug-likeness (QED) is 0.664. The van der Waals surface area contributed by atoms with Crippen LogP contribution < -0.4 is 0 Å². The lowest BCUT2D eigenvalue weighted by molar-refractivity contribution is 1.08. The van der Waals surface area contributed by atoms with E-state index in [2.05, 4.69) is 38.9 Å². The number of fused-ring (bicyclic) bond motifs is 1. The highest BCUT2D eigenvalue weighted by molar-refractivity contribution is 9.10. The lowest BCUT2D eigenvalue weighted by Gasteiger charge is -2.02. The number of hydrogen-bond acceptors (Lipinski definition) is 4. The van der Waals surface area contributed by atoms with E-state index in [4.69, 9.17) is 0 Å². The highest BCUT2D eigenvalue weighted by Gasteiger charge is 2.09. The Morgan fingerprint density at radius 2 is 2.06 bits per heavy atom. The third-order valence-electron chi connectivity index (χ3n) is 2.51. The maximum atomic E-state index is 4.60. The molecule has 0 spiro atoms. The van der Waals surface area contributed by atoms with Crippen LogP contribution in [0.15, 0.2) is 50.4 Å². The van der Waals surface area contributed by atoms with Crippen molar-refractivity contribution in [2.45, 2.75) is 16.3 Å². The summed E-state index contributed by atoms with van der Waals surface area (Å²) >= 11 is 6.88. The summed E-state index contributed by atoms with van der Waals surface area (Å²) in [6, 6.07) is 10.2. The minimum atomic E-state index is 0.967. The summed E-state index contributed by atoms with van der Waals surface area (Å²) in [4.78, 5) is 8.99. The Morgan fingerprint density at radius 3 is 2.89 bits per heavy atom. The molecule has 0 atom stereocenters. The van der Waals surface area contributed by atoms with E-state index in [1.54, 1.807) is 23.1 Å². The number of rotatable bonds is 2. The van der Waals surface area contributed by atoms with E-state index in [0.29, 0.717) is 0 Å². The predicted octanol–water partition coefficient (Wildman–Crippen LogP) is 4.91. The van der Waals surface area contributed by atoms with Gasteiger partial charge >= 0.3 is 0 Å². The Morgan fingerprint density at radius 1 is 1.22 bits per heavy atom. The van der Waals surface area contributed by atoms with Gasteiger partial charge in [-0.05, 0) is 58.4 Å². The minimum Gasteiger partial charge on any atom is -0.248 e. The van der Waals surface area contributed by atoms with Gasteiger partial charge in [0, 0.05) is 6.20 Å². The summed E-state index contributed by atoms with van der Waals surface area (Å²) in [5.74, 6) is 0. The second kappa shape index (κ2) is 4.99. The molecule has 5 heteroatoms. The number of aromatic nitrogens is 2. The van der Waals surface area contributed by atoms with Crippen molar-refractivity contribution in [1.82, 2.24) is 9.97 Å². The van der Waals surface area contributed by atoms with E-state index >= 15 is 0 Å². The Kier molecular flexibility index (Phi) is 3.37. The Bertz CT molecular complexity index is 676. The number of benzene rings is 1. The molecule has 18 heavy (non-hydrogen) atoms. The van der Waals surface area contributed by atoms with Gasteiger partial charge in [-0.3, -0.25) is 0 Å². The van der Waals surface area contributed by atoms with Crippen LogP contribution in [0.25, 0.3) is 10.2 Å². The van der Waals surface area contributed by atoms with Crippen molar-refractivity contribution < 1.29 is 0 Å². The summed E-state index contributed by atoms with van der Waals surface area (Å²) in [5.41, 5.74) is 2.24. The molecule has 0 amide bonds. The van der Waals surface area contributed by atoms with E-state index < -0.39 is 0 Å². The predicted molar refractivity (Wildman–Crippen MR) is 80.4 cm³/mol. The molecular formula is C13H9BrN2S2. The smallest absolute Gasteiger partial charge is 0.157 e. The molecule has 2 nitrogen and oxygen atoms in total. The van der Waals surface area contributed by atoms with Gasteiger partial charge in [-0.1, -0.05) is 12.1 Å². The first-order valence-electron chi connectivity index (χ1n) is 5.38. The van der Waals surface area contributed by atoms with Gasteiger partial charge in [-0.25, -0.2) is 9.97 Å². The molecule has 0 saturated carbocycles. The second-order valence-electron chi connectivity index (χ2n) is 3.80. The van der Waals surface area contributed by atoms with Crippen LogP contribution in [0, 0.1) is 6.92 Å². The van der Waals surface area contributed by atoms with Crippen LogP contribution in [-0.2, 0) is 0 Å². The molecule has 3 aromatic rings. The molecule has 0 N–H and O–H groups in total. The first-order chi connectivity index (χ1) is 8.74. The topological polar surface area (TPSA) is 25.8 Å². The molecule has 90 valence electrons. The number of halogens is 1. The summed E-state index contributed by atoms with van der Waals surface area (Å²) in [6.45, 7) is 2.06. The lowest BCUT2D eigenvalue weighted by Crippen LogP contribution is -1.84. The number of hydrogen-bond donors (Lipinski definition) is 0. The van der Waals surface area contributed by atoms with Crippen LogP contribution >= 0.6 is 39.0 Å². The van der Waals surface area contributed by atoms with Crippen molar-refractivity contribution in [3.8, 4) is 0 Å². The standard InChI is InChI=1S/C13H9BrN2S2/c1-8-6-7-15-12(11(8)14)18-13-16-9-4-2-3-5-10(9)17-13/h2-7H,1H3. The molecule has 0 aliphatic carbocycles. The third kappa shape index (κ3) is 2.30. The maximum Gasteiger partial charge on any atom is 0.157 e. The monoisotopic (exact) mass is 336 g/mol. The number of nitrogens with zero attached hydrogens (tertiary/aromatic N) is 2. The van der Waals surface area contributed by atoms with Gasteiger partial charge in [0.15, 0.2) is 4.34 Å². The average Bonchev–Trinajstić information content (AvgIpc) is 2.77. The van der Waals surface area contributed by atoms with Gasteiger partial charge in [0.1, 0.15) is 5.03 Å². The van der Waals surface area contributed by atoms with Crippen LogP contribution in [0.3, 0.4) is 0 Å². The maximum absolute atomic E-state index is 4.60. The molecule has 2 heterocycles. The number of pyridine rings is 1. The largest absolute Gasteiger partial charge is 0.248 e. The van der Waals surface area contributed by atoms with Crippen molar-refractivity contribution >= 4 is 49.2 Å². The van der Waals surface area contributed by atoms with Crippen molar-refractivity contribution in [1.29, 1.82) is 0 Å². The van der Waals surface area contributed by atoms with Gasteiger partial charge < -0.3 is 0 Å². The fourth-order valence-corrected chi connectivity index (χ4v) is 4.08. The SMILES string of the molecule is Cc1ccnc(Sc2nc3ccccc3s2)c1Br. The number of thiazole rings is 1. The zero-order valence-corrected chi connectivity index (χ0v) is 12.8. The Labute approximate surface area is 122 Å². The van der Waals surface area contributed by atoms with Gasteiger partial charge in [0.05, 0.1) is 14.7 Å². The molecule has 0 aliphatic rings. The van der Waals surface area contributed by atoms with E-state index in [1.165, 1.54) is 10.3 Å². The van der Waals surface area contributed by atoms with Crippen LogP contribution in [0.2, 0.25) is 0 Å². The molecule has 0 radical (unpaired) electrons. The summed E-state index contributed by atoms with van der Waals surface area (Å²) in [6.07, 6.45) is 1.83. The van der Waals surface area contributed by atoms with E-state index in [9.17, 15) is 0 Å². The van der Waals surface area contributed by atoms with Crippen LogP contribution in [0.5, 0.6) is 0 Å². The molecule has 3 rings (SSSR count). The highest BCUT2D eigenvalue weighted by atomic mass is 79.9. The number of para-hydroxylation sites is 1. The lowest BCUT2D eigenvalue weighted by atomic mass is 10.3. The highest BCUT2D eigenvalue weighted by Crippen LogP contribution is 2.37. The molecule has 2 aromatic heterocycles. The molecule has 0 saturated heterocycles. The average molecular weight is 337 g/mol. The van der Waals surface area contributed by atoms with Gasteiger partial charge in [0.2, 0.25) is 0 Å². The summed E-state index contributed by atoms with van der Waals surface area (Å²) in [5, 5.41) is 0.967. The third-order valence-corrected chi connectivity index (χ3v) is 5.87. The summed E-state index contributed by atoms with van der Waals surface area (Å²) in [7, 11) is 0. The van der Waals surface area contributed by atoms with Crippen molar-refractivity contribution in [3.05, 3.63) is 46.6 Å². The molecule has 0 bridgehead atoms. The molecule has 0 unspecified atom stereocenters. The normalized spacial score (nSPS) is 11.0. The van der Waals surface area contributed by atoms with Crippen molar-refractivity contribution in [3.63, 3.8) is 0 Å². The van der Waals surface area contributed by atoms with Gasteiger partial charge in [-0.15, -0.1) is 11.3 Å². The zero-order chi connectivity index (χ0) is 12.5. The van der Waals surface area contributed by atoms with E-state index in [-0.39, 0.29) is 0 Å². The molecule has 1 aromatic carbocycles. The Hall–Kier alpha value is -0.910. The van der Waals surface area contributed by atoms with E-state index in [0.717, 1.165) is 19.4 Å². The molecule has 0 fully saturated rings. The van der Waals surface area contributed by atoms with Gasteiger partial charge in [-0.2, -0.15) is 0 Å². The van der Waals surface area contributed by atoms with E-state index in [1.807, 2.05) is 30.5 Å². The van der Waals surface area contributed by atoms with Crippen molar-refractivity contribution in [2.75, 3.05) is 0 Å². The summed E-state index contributed by atoms with van der Waals surface area (Å²) < 4.78 is 3.29. The van der Waals surface area contributed by atoms with Gasteiger partial charge in [0.25, 0.3) is 0 Å². The van der Waals surface area contributed by atoms with Crippen LogP contribution in [-0.4, -0.2) is 9.97 Å². The second-order valence-corrected chi connectivity index (χ2v) is 6.86. The molecular weight excluding hydrogens is 328 g/mol. The zero-order valence-electron chi connectivity index (χ0n) is 9.55. The Balaban J connectivity index is 1.99. The molecule has 0 aliphatic heterocycles. The minimum absolute atomic E-state index is 0.967. The fourth-order valence-electron chi connectivity index (χ4n) is 1.56. The van der Waals surface area contributed by atoms with Crippen LogP contribution in [0.1, 0.15) is 5.56 Å². The first kappa shape index (κ1) is 12.1. The first-order valence-corrected chi connectivity index (χ1v) is 7.81. The van der Waals surface area contributed by atoms with Crippen molar-refractivity contribution in [2.24, 2.45) is 0 Å². The number of aryl methyl sites for hydroxylation is 1. The van der Waals surface area contributed by atoms with Crippen LogP contribution in [0.4, 0.5) is 0 Å².